The van der Waals surface area contributed by atoms with Gasteiger partial charge in [0.25, 0.3) is 0 Å². The Morgan fingerprint density at radius 3 is 2.62 bits per heavy atom. The Morgan fingerprint density at radius 1 is 1.38 bits per heavy atom. The topological polar surface area (TPSA) is 43.4 Å². The van der Waals surface area contributed by atoms with Gasteiger partial charge in [0.15, 0.2) is 0 Å². The average molecular weight is 241 g/mol. The number of hydrogen-bond acceptors (Lipinski definition) is 3. The van der Waals surface area contributed by atoms with Crippen LogP contribution >= 0.6 is 11.6 Å². The summed E-state index contributed by atoms with van der Waals surface area (Å²) < 4.78 is 4.86. The maximum absolute atomic E-state index is 11.4. The lowest BCUT2D eigenvalue weighted by atomic mass is 10.1. The van der Waals surface area contributed by atoms with Gasteiger partial charge in [-0.2, -0.15) is 0 Å². The minimum Gasteiger partial charge on any atom is -0.462 e. The van der Waals surface area contributed by atoms with Gasteiger partial charge in [0.1, 0.15) is 5.78 Å². The van der Waals surface area contributed by atoms with Crippen LogP contribution in [0.15, 0.2) is 18.2 Å². The highest BCUT2D eigenvalue weighted by molar-refractivity contribution is 6.31. The van der Waals surface area contributed by atoms with E-state index in [9.17, 15) is 9.59 Å². The van der Waals surface area contributed by atoms with Crippen molar-refractivity contribution in [3.05, 3.63) is 34.3 Å². The van der Waals surface area contributed by atoms with E-state index in [4.69, 9.17) is 16.3 Å². The number of hydrogen-bond donors (Lipinski definition) is 0. The van der Waals surface area contributed by atoms with Gasteiger partial charge < -0.3 is 4.74 Å². The third-order valence-electron chi connectivity index (χ3n) is 2.00. The zero-order valence-electron chi connectivity index (χ0n) is 9.25. The van der Waals surface area contributed by atoms with Gasteiger partial charge in [-0.25, -0.2) is 4.79 Å². The van der Waals surface area contributed by atoms with Crippen molar-refractivity contribution in [2.75, 3.05) is 6.61 Å². The van der Waals surface area contributed by atoms with E-state index in [1.807, 2.05) is 0 Å². The van der Waals surface area contributed by atoms with E-state index in [-0.39, 0.29) is 12.2 Å². The van der Waals surface area contributed by atoms with Crippen molar-refractivity contribution in [1.29, 1.82) is 0 Å². The molecule has 86 valence electrons. The first-order valence-electron chi connectivity index (χ1n) is 4.99. The number of carbonyl (C=O) groups excluding carboxylic acids is 2. The minimum absolute atomic E-state index is 0.00269. The molecule has 16 heavy (non-hydrogen) atoms. The van der Waals surface area contributed by atoms with Crippen molar-refractivity contribution in [2.24, 2.45) is 0 Å². The van der Waals surface area contributed by atoms with E-state index in [0.29, 0.717) is 22.8 Å². The summed E-state index contributed by atoms with van der Waals surface area (Å²) in [5.74, 6) is -0.396. The predicted octanol–water partition coefficient (Wildman–Crippen LogP) is 2.65. The summed E-state index contributed by atoms with van der Waals surface area (Å²) in [5.41, 5.74) is 1.07. The van der Waals surface area contributed by atoms with Crippen LogP contribution in [0.2, 0.25) is 5.02 Å². The van der Waals surface area contributed by atoms with Crippen LogP contribution in [-0.4, -0.2) is 18.4 Å². The molecule has 0 amide bonds. The Balaban J connectivity index is 2.97. The van der Waals surface area contributed by atoms with Crippen molar-refractivity contribution < 1.29 is 14.3 Å². The van der Waals surface area contributed by atoms with Crippen LogP contribution in [0, 0.1) is 0 Å². The highest BCUT2D eigenvalue weighted by Crippen LogP contribution is 2.19. The van der Waals surface area contributed by atoms with Crippen molar-refractivity contribution in [3.8, 4) is 0 Å². The molecular formula is C12H13ClO3. The fourth-order valence-corrected chi connectivity index (χ4v) is 1.50. The molecule has 0 bridgehead atoms. The first kappa shape index (κ1) is 12.7. The zero-order chi connectivity index (χ0) is 12.1. The molecule has 0 saturated heterocycles. The molecule has 0 aromatic heterocycles. The van der Waals surface area contributed by atoms with Gasteiger partial charge in [-0.15, -0.1) is 0 Å². The highest BCUT2D eigenvalue weighted by Gasteiger charge is 2.10. The predicted molar refractivity (Wildman–Crippen MR) is 61.8 cm³/mol. The first-order valence-corrected chi connectivity index (χ1v) is 5.37. The van der Waals surface area contributed by atoms with E-state index in [0.717, 1.165) is 0 Å². The first-order chi connectivity index (χ1) is 7.54. The van der Waals surface area contributed by atoms with E-state index < -0.39 is 5.97 Å². The number of esters is 1. The fraction of sp³-hybridized carbons (Fsp3) is 0.333. The number of ether oxygens (including phenoxy) is 1. The fourth-order valence-electron chi connectivity index (χ4n) is 1.32. The Morgan fingerprint density at radius 2 is 2.06 bits per heavy atom. The van der Waals surface area contributed by atoms with Gasteiger partial charge in [-0.1, -0.05) is 11.6 Å². The van der Waals surface area contributed by atoms with Crippen LogP contribution in [-0.2, 0) is 16.0 Å². The highest BCUT2D eigenvalue weighted by atomic mass is 35.5. The second-order valence-corrected chi connectivity index (χ2v) is 3.81. The summed E-state index contributed by atoms with van der Waals surface area (Å²) in [6.45, 7) is 3.54. The monoisotopic (exact) mass is 240 g/mol. The average Bonchev–Trinajstić information content (AvgIpc) is 2.21. The lowest BCUT2D eigenvalue weighted by Gasteiger charge is -2.05. The summed E-state index contributed by atoms with van der Waals surface area (Å²) >= 11 is 5.92. The van der Waals surface area contributed by atoms with Crippen molar-refractivity contribution in [1.82, 2.24) is 0 Å². The molecule has 0 saturated carbocycles. The lowest BCUT2D eigenvalue weighted by molar-refractivity contribution is -0.116. The Kier molecular flexibility index (Phi) is 4.50. The number of carbonyl (C=O) groups is 2. The molecule has 3 nitrogen and oxygen atoms in total. The molecule has 0 aliphatic rings. The van der Waals surface area contributed by atoms with Crippen LogP contribution in [0.3, 0.4) is 0 Å². The molecule has 1 rings (SSSR count). The zero-order valence-corrected chi connectivity index (χ0v) is 10.0. The van der Waals surface area contributed by atoms with Crippen LogP contribution in [0.1, 0.15) is 29.8 Å². The molecule has 0 N–H and O–H groups in total. The van der Waals surface area contributed by atoms with Gasteiger partial charge in [0.05, 0.1) is 12.2 Å². The number of rotatable bonds is 4. The standard InChI is InChI=1S/C12H13ClO3/c1-3-16-12(15)9-4-5-11(13)10(7-9)6-8(2)14/h4-5,7H,3,6H2,1-2H3. The van der Waals surface area contributed by atoms with E-state index in [2.05, 4.69) is 0 Å². The third kappa shape index (κ3) is 3.35. The maximum Gasteiger partial charge on any atom is 0.338 e. The van der Waals surface area contributed by atoms with Crippen LogP contribution in [0.5, 0.6) is 0 Å². The van der Waals surface area contributed by atoms with E-state index >= 15 is 0 Å². The Bertz CT molecular complexity index is 413. The molecular weight excluding hydrogens is 228 g/mol. The maximum atomic E-state index is 11.4. The number of Topliss-reactive ketones (excluding diaryl/α,β-unsaturated/α-hetero) is 1. The molecule has 0 heterocycles. The summed E-state index contributed by atoms with van der Waals surface area (Å²) in [4.78, 5) is 22.4. The largest absolute Gasteiger partial charge is 0.462 e. The van der Waals surface area contributed by atoms with Crippen molar-refractivity contribution >= 4 is 23.4 Å². The number of ketones is 1. The summed E-state index contributed by atoms with van der Waals surface area (Å²) in [7, 11) is 0. The smallest absolute Gasteiger partial charge is 0.338 e. The van der Waals surface area contributed by atoms with Crippen LogP contribution in [0.4, 0.5) is 0 Å². The molecule has 0 aliphatic heterocycles. The molecule has 0 atom stereocenters. The van der Waals surface area contributed by atoms with Crippen molar-refractivity contribution in [3.63, 3.8) is 0 Å². The Hall–Kier alpha value is -1.35. The molecule has 1 aromatic rings. The molecule has 0 spiro atoms. The second kappa shape index (κ2) is 5.66. The molecule has 1 aromatic carbocycles. The minimum atomic E-state index is -0.399. The van der Waals surface area contributed by atoms with Gasteiger partial charge >= 0.3 is 5.97 Å². The number of benzene rings is 1. The van der Waals surface area contributed by atoms with Crippen LogP contribution in [0.25, 0.3) is 0 Å². The molecule has 4 heteroatoms. The third-order valence-corrected chi connectivity index (χ3v) is 2.36. The summed E-state index contributed by atoms with van der Waals surface area (Å²) in [5, 5.41) is 0.489. The molecule has 0 fully saturated rings. The lowest BCUT2D eigenvalue weighted by Crippen LogP contribution is -2.06. The SMILES string of the molecule is CCOC(=O)c1ccc(Cl)c(CC(C)=O)c1. The quantitative estimate of drug-likeness (QED) is 0.760. The molecule has 0 radical (unpaired) electrons. The van der Waals surface area contributed by atoms with Crippen molar-refractivity contribution in [2.45, 2.75) is 20.3 Å². The van der Waals surface area contributed by atoms with Gasteiger partial charge in [0, 0.05) is 11.4 Å². The Labute approximate surface area is 99.4 Å². The summed E-state index contributed by atoms with van der Waals surface area (Å²) in [6, 6.07) is 4.79. The van der Waals surface area contributed by atoms with E-state index in [1.54, 1.807) is 25.1 Å². The van der Waals surface area contributed by atoms with Gasteiger partial charge in [-0.3, -0.25) is 4.79 Å². The van der Waals surface area contributed by atoms with E-state index in [1.165, 1.54) is 6.92 Å². The van der Waals surface area contributed by atoms with Gasteiger partial charge in [0.2, 0.25) is 0 Å². The number of halogens is 1. The molecule has 0 unspecified atom stereocenters. The van der Waals surface area contributed by atoms with Crippen LogP contribution < -0.4 is 0 Å². The second-order valence-electron chi connectivity index (χ2n) is 3.41. The molecule has 0 aliphatic carbocycles. The summed E-state index contributed by atoms with van der Waals surface area (Å²) in [6.07, 6.45) is 0.228. The van der Waals surface area contributed by atoms with Gasteiger partial charge in [-0.05, 0) is 37.6 Å². The normalized spacial score (nSPS) is 9.94.